The van der Waals surface area contributed by atoms with Gasteiger partial charge < -0.3 is 9.47 Å². The normalized spacial score (nSPS) is 13.1. The van der Waals surface area contributed by atoms with Crippen molar-refractivity contribution in [2.24, 2.45) is 0 Å². The molecule has 0 saturated heterocycles. The number of rotatable bonds is 2. The number of benzene rings is 2. The van der Waals surface area contributed by atoms with Gasteiger partial charge in [-0.25, -0.2) is 0 Å². The number of carbonyl (C=O) groups is 1. The molecule has 1 aliphatic rings. The van der Waals surface area contributed by atoms with Crippen molar-refractivity contribution in [2.75, 3.05) is 13.2 Å². The molecular formula is C16H13ClO3. The van der Waals surface area contributed by atoms with E-state index < -0.39 is 0 Å². The number of halogens is 1. The van der Waals surface area contributed by atoms with Gasteiger partial charge in [-0.2, -0.15) is 0 Å². The molecule has 0 fully saturated rings. The van der Waals surface area contributed by atoms with Crippen molar-refractivity contribution < 1.29 is 14.3 Å². The zero-order valence-corrected chi connectivity index (χ0v) is 11.7. The van der Waals surface area contributed by atoms with E-state index in [1.807, 2.05) is 19.1 Å². The molecule has 0 aliphatic carbocycles. The van der Waals surface area contributed by atoms with E-state index in [2.05, 4.69) is 0 Å². The molecule has 0 amide bonds. The third-order valence-electron chi connectivity index (χ3n) is 3.11. The highest BCUT2D eigenvalue weighted by molar-refractivity contribution is 6.31. The molecule has 0 spiro atoms. The quantitative estimate of drug-likeness (QED) is 0.791. The topological polar surface area (TPSA) is 35.5 Å². The number of fused-ring (bicyclic) bond motifs is 1. The molecule has 2 aromatic carbocycles. The second-order valence-electron chi connectivity index (χ2n) is 4.70. The Morgan fingerprint density at radius 2 is 1.75 bits per heavy atom. The minimum absolute atomic E-state index is 0.0763. The van der Waals surface area contributed by atoms with Crippen molar-refractivity contribution in [3.63, 3.8) is 0 Å². The third kappa shape index (κ3) is 2.49. The molecule has 0 N–H and O–H groups in total. The molecule has 3 rings (SSSR count). The Kier molecular flexibility index (Phi) is 3.36. The lowest BCUT2D eigenvalue weighted by atomic mass is 10.0. The summed E-state index contributed by atoms with van der Waals surface area (Å²) in [5.41, 5.74) is 2.10. The Morgan fingerprint density at radius 3 is 2.50 bits per heavy atom. The summed E-state index contributed by atoms with van der Waals surface area (Å²) in [6, 6.07) is 10.5. The number of hydrogen-bond donors (Lipinski definition) is 0. The van der Waals surface area contributed by atoms with Gasteiger partial charge in [-0.1, -0.05) is 11.6 Å². The van der Waals surface area contributed by atoms with Crippen LogP contribution in [0.1, 0.15) is 21.5 Å². The van der Waals surface area contributed by atoms with Crippen LogP contribution in [0, 0.1) is 6.92 Å². The largest absolute Gasteiger partial charge is 0.486 e. The van der Waals surface area contributed by atoms with Gasteiger partial charge in [-0.3, -0.25) is 4.79 Å². The third-order valence-corrected chi connectivity index (χ3v) is 3.33. The highest BCUT2D eigenvalue weighted by Gasteiger charge is 2.16. The fourth-order valence-corrected chi connectivity index (χ4v) is 2.51. The predicted molar refractivity (Wildman–Crippen MR) is 77.1 cm³/mol. The number of ketones is 1. The first-order valence-electron chi connectivity index (χ1n) is 6.35. The van der Waals surface area contributed by atoms with E-state index in [-0.39, 0.29) is 5.78 Å². The van der Waals surface area contributed by atoms with E-state index in [1.54, 1.807) is 24.3 Å². The van der Waals surface area contributed by atoms with Crippen LogP contribution < -0.4 is 9.47 Å². The smallest absolute Gasteiger partial charge is 0.193 e. The van der Waals surface area contributed by atoms with Gasteiger partial charge in [-0.15, -0.1) is 0 Å². The van der Waals surface area contributed by atoms with Gasteiger partial charge in [0.15, 0.2) is 17.3 Å². The van der Waals surface area contributed by atoms with Crippen molar-refractivity contribution >= 4 is 17.4 Å². The van der Waals surface area contributed by atoms with Crippen LogP contribution in [0.3, 0.4) is 0 Å². The van der Waals surface area contributed by atoms with Crippen molar-refractivity contribution in [1.82, 2.24) is 0 Å². The van der Waals surface area contributed by atoms with E-state index >= 15 is 0 Å². The molecule has 0 aromatic heterocycles. The standard InChI is InChI=1S/C16H13ClO3/c1-10-6-12(8-13(17)7-10)16(18)11-2-3-14-15(9-11)20-5-4-19-14/h2-3,6-9H,4-5H2,1H3. The Labute approximate surface area is 122 Å². The van der Waals surface area contributed by atoms with Crippen LogP contribution in [0.25, 0.3) is 0 Å². The molecule has 20 heavy (non-hydrogen) atoms. The first-order chi connectivity index (χ1) is 9.63. The Hall–Kier alpha value is -2.00. The fraction of sp³-hybridized carbons (Fsp3) is 0.188. The van der Waals surface area contributed by atoms with E-state index in [4.69, 9.17) is 21.1 Å². The minimum Gasteiger partial charge on any atom is -0.486 e. The van der Waals surface area contributed by atoms with Crippen molar-refractivity contribution in [3.8, 4) is 11.5 Å². The summed E-state index contributed by atoms with van der Waals surface area (Å²) in [4.78, 5) is 12.5. The average Bonchev–Trinajstić information content (AvgIpc) is 2.45. The maximum Gasteiger partial charge on any atom is 0.193 e. The monoisotopic (exact) mass is 288 g/mol. The lowest BCUT2D eigenvalue weighted by Crippen LogP contribution is -2.15. The molecule has 1 heterocycles. The molecule has 1 aliphatic heterocycles. The maximum absolute atomic E-state index is 12.5. The lowest BCUT2D eigenvalue weighted by molar-refractivity contribution is 0.103. The van der Waals surface area contributed by atoms with Gasteiger partial charge in [0.05, 0.1) is 0 Å². The van der Waals surface area contributed by atoms with Crippen LogP contribution in [-0.4, -0.2) is 19.0 Å². The van der Waals surface area contributed by atoms with Gasteiger partial charge in [-0.05, 0) is 48.9 Å². The van der Waals surface area contributed by atoms with Crippen LogP contribution in [0.4, 0.5) is 0 Å². The fourth-order valence-electron chi connectivity index (χ4n) is 2.22. The summed E-state index contributed by atoms with van der Waals surface area (Å²) in [5.74, 6) is 1.21. The first-order valence-corrected chi connectivity index (χ1v) is 6.73. The zero-order chi connectivity index (χ0) is 14.1. The number of ether oxygens (including phenoxy) is 2. The maximum atomic E-state index is 12.5. The van der Waals surface area contributed by atoms with Crippen LogP contribution in [-0.2, 0) is 0 Å². The van der Waals surface area contributed by atoms with E-state index in [9.17, 15) is 4.79 Å². The predicted octanol–water partition coefficient (Wildman–Crippen LogP) is 3.65. The van der Waals surface area contributed by atoms with Crippen LogP contribution in [0.2, 0.25) is 5.02 Å². The summed E-state index contributed by atoms with van der Waals surface area (Å²) in [6.45, 7) is 2.95. The van der Waals surface area contributed by atoms with Crippen LogP contribution >= 0.6 is 11.6 Å². The second-order valence-corrected chi connectivity index (χ2v) is 5.14. The Bertz CT molecular complexity index is 659. The molecule has 4 heteroatoms. The molecular weight excluding hydrogens is 276 g/mol. The highest BCUT2D eigenvalue weighted by atomic mass is 35.5. The molecule has 0 saturated carbocycles. The Morgan fingerprint density at radius 1 is 1.00 bits per heavy atom. The highest BCUT2D eigenvalue weighted by Crippen LogP contribution is 2.31. The average molecular weight is 289 g/mol. The molecule has 0 bridgehead atoms. The molecule has 3 nitrogen and oxygen atoms in total. The first kappa shape index (κ1) is 13.0. The molecule has 2 aromatic rings. The summed E-state index contributed by atoms with van der Waals surface area (Å²) in [6.07, 6.45) is 0. The summed E-state index contributed by atoms with van der Waals surface area (Å²) in [7, 11) is 0. The lowest BCUT2D eigenvalue weighted by Gasteiger charge is -2.18. The number of hydrogen-bond acceptors (Lipinski definition) is 3. The minimum atomic E-state index is -0.0763. The van der Waals surface area contributed by atoms with E-state index in [1.165, 1.54) is 0 Å². The SMILES string of the molecule is Cc1cc(Cl)cc(C(=O)c2ccc3c(c2)OCCO3)c1. The Balaban J connectivity index is 1.97. The van der Waals surface area contributed by atoms with Gasteiger partial charge in [0.1, 0.15) is 13.2 Å². The van der Waals surface area contributed by atoms with Gasteiger partial charge in [0.25, 0.3) is 0 Å². The van der Waals surface area contributed by atoms with E-state index in [0.29, 0.717) is 40.9 Å². The van der Waals surface area contributed by atoms with Crippen LogP contribution in [0.15, 0.2) is 36.4 Å². The van der Waals surface area contributed by atoms with Crippen molar-refractivity contribution in [1.29, 1.82) is 0 Å². The van der Waals surface area contributed by atoms with Crippen LogP contribution in [0.5, 0.6) is 11.5 Å². The van der Waals surface area contributed by atoms with Crippen molar-refractivity contribution in [2.45, 2.75) is 6.92 Å². The summed E-state index contributed by atoms with van der Waals surface area (Å²) < 4.78 is 10.9. The van der Waals surface area contributed by atoms with Crippen molar-refractivity contribution in [3.05, 3.63) is 58.1 Å². The van der Waals surface area contributed by atoms with Gasteiger partial charge >= 0.3 is 0 Å². The molecule has 102 valence electrons. The van der Waals surface area contributed by atoms with E-state index in [0.717, 1.165) is 5.56 Å². The summed E-state index contributed by atoms with van der Waals surface area (Å²) >= 11 is 6.00. The summed E-state index contributed by atoms with van der Waals surface area (Å²) in [5, 5.41) is 0.561. The molecule has 0 radical (unpaired) electrons. The molecule has 0 atom stereocenters. The van der Waals surface area contributed by atoms with Gasteiger partial charge in [0, 0.05) is 16.1 Å². The number of aryl methyl sites for hydroxylation is 1. The molecule has 0 unspecified atom stereocenters. The van der Waals surface area contributed by atoms with Gasteiger partial charge in [0.2, 0.25) is 0 Å². The number of carbonyl (C=O) groups excluding carboxylic acids is 1. The second kappa shape index (κ2) is 5.17. The zero-order valence-electron chi connectivity index (χ0n) is 11.0.